The van der Waals surface area contributed by atoms with Gasteiger partial charge in [-0.1, -0.05) is 6.07 Å². The quantitative estimate of drug-likeness (QED) is 0.710. The number of ether oxygens (including phenoxy) is 1. The summed E-state index contributed by atoms with van der Waals surface area (Å²) in [7, 11) is 1.51. The summed E-state index contributed by atoms with van der Waals surface area (Å²) in [5.74, 6) is -0.647. The van der Waals surface area contributed by atoms with Crippen molar-refractivity contribution >= 4 is 12.0 Å². The van der Waals surface area contributed by atoms with Crippen LogP contribution in [0.4, 0.5) is 4.79 Å². The largest absolute Gasteiger partial charge is 0.481 e. The fraction of sp³-hybridized carbons (Fsp3) is 0.462. The van der Waals surface area contributed by atoms with Gasteiger partial charge in [-0.3, -0.25) is 0 Å². The van der Waals surface area contributed by atoms with Gasteiger partial charge in [0.25, 0.3) is 0 Å². The second-order valence-electron chi connectivity index (χ2n) is 4.76. The molecule has 0 aromatic carbocycles. The van der Waals surface area contributed by atoms with Crippen LogP contribution in [0.15, 0.2) is 18.3 Å². The first-order valence-corrected chi connectivity index (χ1v) is 6.45. The van der Waals surface area contributed by atoms with Gasteiger partial charge in [-0.2, -0.15) is 0 Å². The molecule has 2 rings (SSSR count). The summed E-state index contributed by atoms with van der Waals surface area (Å²) in [4.78, 5) is 28.2. The number of rotatable bonds is 4. The number of methoxy groups -OCH3 is 1. The Balaban J connectivity index is 1.92. The maximum absolute atomic E-state index is 12.0. The first kappa shape index (κ1) is 15.0. The van der Waals surface area contributed by atoms with Crippen LogP contribution in [-0.4, -0.2) is 57.9 Å². The van der Waals surface area contributed by atoms with E-state index in [1.807, 2.05) is 0 Å². The molecule has 1 aliphatic heterocycles. The number of nitrogens with one attached hydrogen (secondary N) is 1. The lowest BCUT2D eigenvalue weighted by molar-refractivity contribution is -0.141. The number of likely N-dealkylation sites (tertiary alicyclic amines) is 1. The molecule has 3 N–H and O–H groups in total. The number of aliphatic hydroxyl groups is 1. The number of carboxylic acids is 1. The van der Waals surface area contributed by atoms with Gasteiger partial charge in [0.1, 0.15) is 6.04 Å². The average molecular weight is 295 g/mol. The molecule has 0 spiro atoms. The number of aromatic nitrogens is 1. The van der Waals surface area contributed by atoms with E-state index in [0.717, 1.165) is 10.5 Å². The van der Waals surface area contributed by atoms with Gasteiger partial charge in [0.05, 0.1) is 13.2 Å². The lowest BCUT2D eigenvalue weighted by Gasteiger charge is -2.21. The Hall–Kier alpha value is -2.35. The predicted octanol–water partition coefficient (Wildman–Crippen LogP) is -0.180. The van der Waals surface area contributed by atoms with Crippen molar-refractivity contribution in [1.29, 1.82) is 0 Å². The number of nitrogens with zero attached hydrogens (tertiary/aromatic N) is 2. The van der Waals surface area contributed by atoms with Crippen molar-refractivity contribution in [3.8, 4) is 5.88 Å². The molecule has 2 atom stereocenters. The van der Waals surface area contributed by atoms with E-state index < -0.39 is 24.1 Å². The molecular formula is C13H17N3O5. The Bertz CT molecular complexity index is 519. The van der Waals surface area contributed by atoms with Crippen molar-refractivity contribution in [3.05, 3.63) is 23.9 Å². The SMILES string of the molecule is COc1ccc(CNC(=O)N2CC(O)CC2C(=O)O)cn1. The van der Waals surface area contributed by atoms with Crippen molar-refractivity contribution in [2.45, 2.75) is 25.1 Å². The molecule has 1 saturated heterocycles. The highest BCUT2D eigenvalue weighted by Gasteiger charge is 2.38. The van der Waals surface area contributed by atoms with Gasteiger partial charge >= 0.3 is 12.0 Å². The fourth-order valence-electron chi connectivity index (χ4n) is 2.19. The van der Waals surface area contributed by atoms with Crippen molar-refractivity contribution in [3.63, 3.8) is 0 Å². The molecule has 0 bridgehead atoms. The predicted molar refractivity (Wildman–Crippen MR) is 71.8 cm³/mol. The second kappa shape index (κ2) is 6.40. The fourth-order valence-corrected chi connectivity index (χ4v) is 2.19. The summed E-state index contributed by atoms with van der Waals surface area (Å²) in [6.45, 7) is 0.235. The number of carboxylic acid groups (broad SMARTS) is 1. The summed E-state index contributed by atoms with van der Waals surface area (Å²) in [5, 5.41) is 21.2. The molecule has 1 aliphatic rings. The van der Waals surface area contributed by atoms with E-state index >= 15 is 0 Å². The van der Waals surface area contributed by atoms with Crippen molar-refractivity contribution in [1.82, 2.24) is 15.2 Å². The molecule has 0 aliphatic carbocycles. The highest BCUT2D eigenvalue weighted by molar-refractivity contribution is 5.83. The van der Waals surface area contributed by atoms with Crippen molar-refractivity contribution in [2.24, 2.45) is 0 Å². The molecule has 1 aromatic heterocycles. The lowest BCUT2D eigenvalue weighted by Crippen LogP contribution is -2.45. The molecule has 2 unspecified atom stereocenters. The summed E-state index contributed by atoms with van der Waals surface area (Å²) in [6.07, 6.45) is 0.805. The van der Waals surface area contributed by atoms with Gasteiger partial charge in [-0.25, -0.2) is 14.6 Å². The third-order valence-corrected chi connectivity index (χ3v) is 3.28. The smallest absolute Gasteiger partial charge is 0.326 e. The van der Waals surface area contributed by atoms with E-state index in [-0.39, 0.29) is 19.5 Å². The number of pyridine rings is 1. The second-order valence-corrected chi connectivity index (χ2v) is 4.76. The molecule has 8 heteroatoms. The van der Waals surface area contributed by atoms with Crippen LogP contribution in [0.1, 0.15) is 12.0 Å². The van der Waals surface area contributed by atoms with Gasteiger partial charge in [-0.05, 0) is 5.56 Å². The van der Waals surface area contributed by atoms with Gasteiger partial charge in [0.15, 0.2) is 0 Å². The maximum atomic E-state index is 12.0. The Labute approximate surface area is 121 Å². The Morgan fingerprint density at radius 1 is 1.52 bits per heavy atom. The molecule has 0 saturated carbocycles. The van der Waals surface area contributed by atoms with E-state index in [1.54, 1.807) is 18.3 Å². The zero-order chi connectivity index (χ0) is 15.4. The highest BCUT2D eigenvalue weighted by atomic mass is 16.5. The Morgan fingerprint density at radius 2 is 2.29 bits per heavy atom. The first-order chi connectivity index (χ1) is 10.0. The minimum Gasteiger partial charge on any atom is -0.481 e. The minimum absolute atomic E-state index is 0.0175. The number of urea groups is 1. The van der Waals surface area contributed by atoms with Crippen LogP contribution < -0.4 is 10.1 Å². The minimum atomic E-state index is -1.12. The molecule has 114 valence electrons. The molecule has 0 radical (unpaired) electrons. The molecule has 1 aromatic rings. The van der Waals surface area contributed by atoms with Crippen LogP contribution in [-0.2, 0) is 11.3 Å². The molecular weight excluding hydrogens is 278 g/mol. The first-order valence-electron chi connectivity index (χ1n) is 6.45. The van der Waals surface area contributed by atoms with E-state index in [2.05, 4.69) is 10.3 Å². The number of aliphatic carboxylic acids is 1. The zero-order valence-electron chi connectivity index (χ0n) is 11.5. The van der Waals surface area contributed by atoms with Crippen molar-refractivity contribution in [2.75, 3.05) is 13.7 Å². The van der Waals surface area contributed by atoms with Crippen LogP contribution >= 0.6 is 0 Å². The molecule has 2 amide bonds. The Kier molecular flexibility index (Phi) is 4.59. The van der Waals surface area contributed by atoms with Gasteiger partial charge in [0, 0.05) is 31.8 Å². The summed E-state index contributed by atoms with van der Waals surface area (Å²) >= 11 is 0. The number of β-amino-alcohol motifs (C(OH)–C–C–N with tert-alkyl or cyclic N) is 1. The number of hydrogen-bond acceptors (Lipinski definition) is 5. The third-order valence-electron chi connectivity index (χ3n) is 3.28. The van der Waals surface area contributed by atoms with Crippen LogP contribution in [0.2, 0.25) is 0 Å². The van der Waals surface area contributed by atoms with Crippen LogP contribution in [0, 0.1) is 0 Å². The number of carbonyl (C=O) groups excluding carboxylic acids is 1. The van der Waals surface area contributed by atoms with E-state index in [9.17, 15) is 14.7 Å². The monoisotopic (exact) mass is 295 g/mol. The van der Waals surface area contributed by atoms with Gasteiger partial charge in [-0.15, -0.1) is 0 Å². The highest BCUT2D eigenvalue weighted by Crippen LogP contribution is 2.18. The Morgan fingerprint density at radius 3 is 2.86 bits per heavy atom. The number of hydrogen-bond donors (Lipinski definition) is 3. The van der Waals surface area contributed by atoms with Crippen LogP contribution in [0.25, 0.3) is 0 Å². The topological polar surface area (TPSA) is 112 Å². The van der Waals surface area contributed by atoms with E-state index in [4.69, 9.17) is 9.84 Å². The molecule has 1 fully saturated rings. The zero-order valence-corrected chi connectivity index (χ0v) is 11.5. The maximum Gasteiger partial charge on any atom is 0.326 e. The van der Waals surface area contributed by atoms with E-state index in [1.165, 1.54) is 7.11 Å². The van der Waals surface area contributed by atoms with Crippen LogP contribution in [0.3, 0.4) is 0 Å². The van der Waals surface area contributed by atoms with Crippen molar-refractivity contribution < 1.29 is 24.5 Å². The standard InChI is InChI=1S/C13H17N3O5/c1-21-11-3-2-8(5-14-11)6-15-13(20)16-7-9(17)4-10(16)12(18)19/h2-3,5,9-10,17H,4,6-7H2,1H3,(H,15,20)(H,18,19). The van der Waals surface area contributed by atoms with Gasteiger partial charge < -0.3 is 25.2 Å². The lowest BCUT2D eigenvalue weighted by atomic mass is 10.2. The summed E-state index contributed by atoms with van der Waals surface area (Å²) in [6, 6.07) is 1.91. The summed E-state index contributed by atoms with van der Waals surface area (Å²) < 4.78 is 4.93. The molecule has 21 heavy (non-hydrogen) atoms. The van der Waals surface area contributed by atoms with Crippen LogP contribution in [0.5, 0.6) is 5.88 Å². The molecule has 8 nitrogen and oxygen atoms in total. The molecule has 2 heterocycles. The number of aliphatic hydroxyl groups excluding tert-OH is 1. The number of amides is 2. The third kappa shape index (κ3) is 3.60. The number of carbonyl (C=O) groups is 2. The average Bonchev–Trinajstić information content (AvgIpc) is 2.87. The van der Waals surface area contributed by atoms with Gasteiger partial charge in [0.2, 0.25) is 5.88 Å². The summed E-state index contributed by atoms with van der Waals surface area (Å²) in [5.41, 5.74) is 0.760. The normalized spacial score (nSPS) is 21.1. The van der Waals surface area contributed by atoms with E-state index in [0.29, 0.717) is 5.88 Å².